The lowest BCUT2D eigenvalue weighted by Crippen LogP contribution is -2.11. The number of ether oxygens (including phenoxy) is 2. The Bertz CT molecular complexity index is 1330. The van der Waals surface area contributed by atoms with E-state index in [1.165, 1.54) is 30.9 Å². The minimum atomic E-state index is -3.98. The van der Waals surface area contributed by atoms with E-state index in [-0.39, 0.29) is 21.8 Å². The van der Waals surface area contributed by atoms with Gasteiger partial charge in [0.2, 0.25) is 9.84 Å². The maximum absolute atomic E-state index is 13.1. The zero-order valence-electron chi connectivity index (χ0n) is 20.1. The van der Waals surface area contributed by atoms with Gasteiger partial charge in [-0.25, -0.2) is 8.42 Å². The van der Waals surface area contributed by atoms with E-state index in [0.29, 0.717) is 17.1 Å². The molecule has 0 bridgehead atoms. The van der Waals surface area contributed by atoms with Gasteiger partial charge in [-0.1, -0.05) is 74.9 Å². The second-order valence-electron chi connectivity index (χ2n) is 9.05. The van der Waals surface area contributed by atoms with E-state index in [2.05, 4.69) is 32.9 Å². The summed E-state index contributed by atoms with van der Waals surface area (Å²) in [5, 5.41) is 9.69. The number of para-hydroxylation sites is 1. The van der Waals surface area contributed by atoms with Crippen LogP contribution in [0.5, 0.6) is 11.5 Å². The van der Waals surface area contributed by atoms with Crippen LogP contribution in [0.4, 0.5) is 0 Å². The monoisotopic (exact) mass is 475 g/mol. The van der Waals surface area contributed by atoms with E-state index >= 15 is 0 Å². The maximum Gasteiger partial charge on any atom is 0.216 e. The van der Waals surface area contributed by atoms with Gasteiger partial charge in [-0.3, -0.25) is 0 Å². The Morgan fingerprint density at radius 3 is 2.21 bits per heavy atom. The molecule has 0 fully saturated rings. The van der Waals surface area contributed by atoms with E-state index in [4.69, 9.17) is 9.47 Å². The Morgan fingerprint density at radius 1 is 1.00 bits per heavy atom. The second kappa shape index (κ2) is 10.1. The molecule has 0 aliphatic heterocycles. The summed E-state index contributed by atoms with van der Waals surface area (Å²) < 4.78 is 37.7. The van der Waals surface area contributed by atoms with Gasteiger partial charge in [-0.15, -0.1) is 0 Å². The maximum atomic E-state index is 13.1. The van der Waals surface area contributed by atoms with E-state index in [9.17, 15) is 13.7 Å². The van der Waals surface area contributed by atoms with Crippen molar-refractivity contribution in [2.75, 3.05) is 7.11 Å². The van der Waals surface area contributed by atoms with Gasteiger partial charge < -0.3 is 9.47 Å². The van der Waals surface area contributed by atoms with Crippen LogP contribution in [0, 0.1) is 18.3 Å². The predicted molar refractivity (Wildman–Crippen MR) is 134 cm³/mol. The van der Waals surface area contributed by atoms with Crippen molar-refractivity contribution >= 4 is 15.9 Å². The van der Waals surface area contributed by atoms with Crippen LogP contribution in [0.2, 0.25) is 0 Å². The molecular formula is C28H29NO4S. The number of allylic oxidation sites excluding steroid dienone is 1. The van der Waals surface area contributed by atoms with Gasteiger partial charge in [-0.05, 0) is 47.7 Å². The Balaban J connectivity index is 1.95. The van der Waals surface area contributed by atoms with Gasteiger partial charge in [0.25, 0.3) is 0 Å². The van der Waals surface area contributed by atoms with Crippen molar-refractivity contribution in [3.8, 4) is 17.6 Å². The quantitative estimate of drug-likeness (QED) is 0.379. The van der Waals surface area contributed by atoms with Crippen LogP contribution in [-0.2, 0) is 21.9 Å². The van der Waals surface area contributed by atoms with Gasteiger partial charge in [0.15, 0.2) is 11.5 Å². The first-order valence-corrected chi connectivity index (χ1v) is 12.4. The molecule has 0 heterocycles. The van der Waals surface area contributed by atoms with Gasteiger partial charge in [0.05, 0.1) is 12.0 Å². The molecule has 3 rings (SSSR count). The molecule has 34 heavy (non-hydrogen) atoms. The summed E-state index contributed by atoms with van der Waals surface area (Å²) in [4.78, 5) is -0.306. The fraction of sp³-hybridized carbons (Fsp3) is 0.250. The zero-order chi connectivity index (χ0) is 24.9. The number of methoxy groups -OCH3 is 1. The average molecular weight is 476 g/mol. The molecular weight excluding hydrogens is 446 g/mol. The molecule has 3 aromatic carbocycles. The van der Waals surface area contributed by atoms with Gasteiger partial charge in [0.1, 0.15) is 17.6 Å². The first-order chi connectivity index (χ1) is 16.1. The highest BCUT2D eigenvalue weighted by Crippen LogP contribution is 2.34. The molecule has 5 nitrogen and oxygen atoms in total. The van der Waals surface area contributed by atoms with Crippen LogP contribution in [0.15, 0.2) is 76.5 Å². The van der Waals surface area contributed by atoms with Crippen molar-refractivity contribution in [1.29, 1.82) is 5.26 Å². The molecule has 0 saturated heterocycles. The number of rotatable bonds is 7. The molecule has 0 atom stereocenters. The molecule has 176 valence electrons. The van der Waals surface area contributed by atoms with Crippen molar-refractivity contribution in [2.24, 2.45) is 0 Å². The number of benzene rings is 3. The van der Waals surface area contributed by atoms with Crippen LogP contribution in [0.3, 0.4) is 0 Å². The summed E-state index contributed by atoms with van der Waals surface area (Å²) in [6.45, 7) is 8.60. The molecule has 0 amide bonds. The summed E-state index contributed by atoms with van der Waals surface area (Å²) in [5.41, 5.74) is 3.61. The predicted octanol–water partition coefficient (Wildman–Crippen LogP) is 6.22. The smallest absolute Gasteiger partial charge is 0.216 e. The molecule has 0 N–H and O–H groups in total. The third-order valence-electron chi connectivity index (χ3n) is 5.45. The SMILES string of the molecule is COc1cccc(C=C(C#N)S(=O)(=O)c2ccc(C)cc2)c1OCc1ccc(C(C)(C)C)cc1. The Morgan fingerprint density at radius 2 is 1.65 bits per heavy atom. The van der Waals surface area contributed by atoms with Crippen LogP contribution in [0.1, 0.15) is 43.0 Å². The number of hydrogen-bond acceptors (Lipinski definition) is 5. The first-order valence-electron chi connectivity index (χ1n) is 10.9. The molecule has 6 heteroatoms. The number of nitriles is 1. The van der Waals surface area contributed by atoms with Crippen molar-refractivity contribution < 1.29 is 17.9 Å². The number of nitrogens with zero attached hydrogens (tertiary/aromatic N) is 1. The highest BCUT2D eigenvalue weighted by atomic mass is 32.2. The third-order valence-corrected chi connectivity index (χ3v) is 7.13. The van der Waals surface area contributed by atoms with E-state index in [0.717, 1.165) is 11.1 Å². The molecule has 0 spiro atoms. The van der Waals surface area contributed by atoms with E-state index in [1.54, 1.807) is 30.3 Å². The van der Waals surface area contributed by atoms with E-state index in [1.807, 2.05) is 25.1 Å². The second-order valence-corrected chi connectivity index (χ2v) is 11.0. The molecule has 0 saturated carbocycles. The van der Waals surface area contributed by atoms with Crippen molar-refractivity contribution in [3.05, 3.63) is 93.9 Å². The molecule has 0 aromatic heterocycles. The normalized spacial score (nSPS) is 12.2. The fourth-order valence-corrected chi connectivity index (χ4v) is 4.52. The fourth-order valence-electron chi connectivity index (χ4n) is 3.37. The largest absolute Gasteiger partial charge is 0.493 e. The van der Waals surface area contributed by atoms with Gasteiger partial charge >= 0.3 is 0 Å². The summed E-state index contributed by atoms with van der Waals surface area (Å²) in [7, 11) is -2.47. The summed E-state index contributed by atoms with van der Waals surface area (Å²) in [5.74, 6) is 0.821. The Labute approximate surface area is 202 Å². The topological polar surface area (TPSA) is 76.4 Å². The van der Waals surface area contributed by atoms with Crippen LogP contribution >= 0.6 is 0 Å². The van der Waals surface area contributed by atoms with Crippen molar-refractivity contribution in [2.45, 2.75) is 44.6 Å². The molecule has 0 radical (unpaired) electrons. The first kappa shape index (κ1) is 25.1. The van der Waals surface area contributed by atoms with Crippen LogP contribution in [-0.4, -0.2) is 15.5 Å². The minimum Gasteiger partial charge on any atom is -0.493 e. The number of hydrogen-bond donors (Lipinski definition) is 0. The Kier molecular flexibility index (Phi) is 7.48. The number of sulfone groups is 1. The van der Waals surface area contributed by atoms with Crippen molar-refractivity contribution in [3.63, 3.8) is 0 Å². The zero-order valence-corrected chi connectivity index (χ0v) is 20.9. The highest BCUT2D eigenvalue weighted by Gasteiger charge is 2.22. The molecule has 0 aliphatic rings. The molecule has 3 aromatic rings. The lowest BCUT2D eigenvalue weighted by Gasteiger charge is -2.19. The standard InChI is InChI=1S/C28H29NO4S/c1-20-9-15-24(16-10-20)34(30,31)25(18-29)17-22-7-6-8-26(32-5)27(22)33-19-21-11-13-23(14-12-21)28(2,3)4/h6-17H,19H2,1-5H3. The average Bonchev–Trinajstić information content (AvgIpc) is 2.81. The van der Waals surface area contributed by atoms with Gasteiger partial charge in [-0.2, -0.15) is 5.26 Å². The van der Waals surface area contributed by atoms with Crippen LogP contribution in [0.25, 0.3) is 6.08 Å². The summed E-state index contributed by atoms with van der Waals surface area (Å²) >= 11 is 0. The molecule has 0 unspecified atom stereocenters. The van der Waals surface area contributed by atoms with E-state index < -0.39 is 9.84 Å². The summed E-state index contributed by atoms with van der Waals surface area (Å²) in [6, 6.07) is 21.6. The number of aryl methyl sites for hydroxylation is 1. The lowest BCUT2D eigenvalue weighted by molar-refractivity contribution is 0.284. The Hall–Kier alpha value is -3.56. The minimum absolute atomic E-state index is 0.0522. The summed E-state index contributed by atoms with van der Waals surface area (Å²) in [6.07, 6.45) is 1.33. The lowest BCUT2D eigenvalue weighted by atomic mass is 9.87. The molecule has 0 aliphatic carbocycles. The third kappa shape index (κ3) is 5.67. The van der Waals surface area contributed by atoms with Gasteiger partial charge in [0, 0.05) is 5.56 Å². The highest BCUT2D eigenvalue weighted by molar-refractivity contribution is 7.95. The van der Waals surface area contributed by atoms with Crippen LogP contribution < -0.4 is 9.47 Å². The van der Waals surface area contributed by atoms with Crippen molar-refractivity contribution in [1.82, 2.24) is 0 Å².